The minimum atomic E-state index is -0.303. The highest BCUT2D eigenvalue weighted by Gasteiger charge is 2.06. The first kappa shape index (κ1) is 14.2. The summed E-state index contributed by atoms with van der Waals surface area (Å²) < 4.78 is 4.94. The molecule has 0 saturated carbocycles. The molecule has 0 N–H and O–H groups in total. The zero-order valence-electron chi connectivity index (χ0n) is 11.0. The van der Waals surface area contributed by atoms with Gasteiger partial charge in [0.25, 0.3) is 0 Å². The Morgan fingerprint density at radius 1 is 1.10 bits per heavy atom. The van der Waals surface area contributed by atoms with E-state index < -0.39 is 0 Å². The van der Waals surface area contributed by atoms with Crippen LogP contribution in [0.4, 0.5) is 0 Å². The van der Waals surface area contributed by atoms with Gasteiger partial charge < -0.3 is 4.74 Å². The van der Waals surface area contributed by atoms with Crippen molar-refractivity contribution >= 4 is 17.7 Å². The van der Waals surface area contributed by atoms with Gasteiger partial charge in [-0.25, -0.2) is 4.79 Å². The van der Waals surface area contributed by atoms with E-state index in [1.807, 2.05) is 24.3 Å². The van der Waals surface area contributed by atoms with Gasteiger partial charge in [-0.3, -0.25) is 0 Å². The van der Waals surface area contributed by atoms with E-state index in [2.05, 4.69) is 6.07 Å². The molecule has 100 valence electrons. The van der Waals surface area contributed by atoms with Gasteiger partial charge in [-0.15, -0.1) is 0 Å². The topological polar surface area (TPSA) is 50.1 Å². The number of rotatable bonds is 4. The minimum absolute atomic E-state index is 0.303. The molecule has 0 heterocycles. The van der Waals surface area contributed by atoms with Gasteiger partial charge >= 0.3 is 5.97 Å². The lowest BCUT2D eigenvalue weighted by atomic mass is 10.2. The Hall–Kier alpha value is -2.25. The number of benzene rings is 2. The van der Waals surface area contributed by atoms with Gasteiger partial charge in [-0.05, 0) is 55.5 Å². The summed E-state index contributed by atoms with van der Waals surface area (Å²) in [7, 11) is 0. The van der Waals surface area contributed by atoms with Gasteiger partial charge in [0.2, 0.25) is 0 Å². The molecule has 0 aromatic heterocycles. The van der Waals surface area contributed by atoms with Crippen LogP contribution < -0.4 is 0 Å². The van der Waals surface area contributed by atoms with Crippen LogP contribution in [0.25, 0.3) is 0 Å². The number of nitriles is 1. The average Bonchev–Trinajstić information content (AvgIpc) is 2.49. The first-order valence-electron chi connectivity index (χ1n) is 6.18. The van der Waals surface area contributed by atoms with E-state index >= 15 is 0 Å². The molecule has 0 spiro atoms. The van der Waals surface area contributed by atoms with E-state index in [0.717, 1.165) is 9.79 Å². The molecule has 0 unspecified atom stereocenters. The lowest BCUT2D eigenvalue weighted by molar-refractivity contribution is 0.0526. The molecule has 0 saturated heterocycles. The first-order valence-corrected chi connectivity index (χ1v) is 7.00. The maximum Gasteiger partial charge on any atom is 0.338 e. The molecular formula is C16H13NO2S. The first-order chi connectivity index (χ1) is 9.72. The molecule has 2 aromatic carbocycles. The lowest BCUT2D eigenvalue weighted by Gasteiger charge is -2.04. The highest BCUT2D eigenvalue weighted by molar-refractivity contribution is 7.99. The predicted octanol–water partition coefficient (Wildman–Crippen LogP) is 3.89. The molecule has 0 aliphatic carbocycles. The van der Waals surface area contributed by atoms with Gasteiger partial charge in [0.1, 0.15) is 0 Å². The lowest BCUT2D eigenvalue weighted by Crippen LogP contribution is -2.03. The SMILES string of the molecule is CCOC(=O)c1ccc(Sc2ccc(C#N)cc2)cc1. The summed E-state index contributed by atoms with van der Waals surface area (Å²) in [6.07, 6.45) is 0. The normalized spacial score (nSPS) is 9.80. The fourth-order valence-electron chi connectivity index (χ4n) is 1.61. The number of hydrogen-bond acceptors (Lipinski definition) is 4. The highest BCUT2D eigenvalue weighted by atomic mass is 32.2. The van der Waals surface area contributed by atoms with Crippen LogP contribution in [-0.4, -0.2) is 12.6 Å². The van der Waals surface area contributed by atoms with Crippen LogP contribution in [0.3, 0.4) is 0 Å². The van der Waals surface area contributed by atoms with E-state index in [4.69, 9.17) is 10.00 Å². The molecule has 0 fully saturated rings. The molecule has 0 bridgehead atoms. The van der Waals surface area contributed by atoms with Crippen molar-refractivity contribution in [2.24, 2.45) is 0 Å². The van der Waals surface area contributed by atoms with Crippen molar-refractivity contribution in [3.05, 3.63) is 59.7 Å². The van der Waals surface area contributed by atoms with Crippen LogP contribution in [-0.2, 0) is 4.74 Å². The van der Waals surface area contributed by atoms with Crippen LogP contribution >= 0.6 is 11.8 Å². The van der Waals surface area contributed by atoms with Crippen molar-refractivity contribution < 1.29 is 9.53 Å². The Kier molecular flexibility index (Phi) is 4.80. The number of ether oxygens (including phenoxy) is 1. The molecule has 3 nitrogen and oxygen atoms in total. The maximum absolute atomic E-state index is 11.5. The van der Waals surface area contributed by atoms with E-state index in [9.17, 15) is 4.79 Å². The van der Waals surface area contributed by atoms with Crippen molar-refractivity contribution in [3.63, 3.8) is 0 Å². The Morgan fingerprint density at radius 3 is 2.15 bits per heavy atom. The Morgan fingerprint density at radius 2 is 1.65 bits per heavy atom. The molecule has 0 radical (unpaired) electrons. The van der Waals surface area contributed by atoms with Crippen LogP contribution in [0.5, 0.6) is 0 Å². The van der Waals surface area contributed by atoms with Gasteiger partial charge in [0.05, 0.1) is 23.8 Å². The highest BCUT2D eigenvalue weighted by Crippen LogP contribution is 2.27. The fourth-order valence-corrected chi connectivity index (χ4v) is 2.42. The van der Waals surface area contributed by atoms with Crippen LogP contribution in [0.2, 0.25) is 0 Å². The number of carbonyl (C=O) groups excluding carboxylic acids is 1. The smallest absolute Gasteiger partial charge is 0.338 e. The monoisotopic (exact) mass is 283 g/mol. The number of nitrogens with zero attached hydrogens (tertiary/aromatic N) is 1. The Bertz CT molecular complexity index is 627. The Balaban J connectivity index is 2.06. The third-order valence-corrected chi connectivity index (χ3v) is 3.60. The van der Waals surface area contributed by atoms with Crippen molar-refractivity contribution in [3.8, 4) is 6.07 Å². The summed E-state index contributed by atoms with van der Waals surface area (Å²) in [5.41, 5.74) is 1.20. The number of hydrogen-bond donors (Lipinski definition) is 0. The van der Waals surface area contributed by atoms with Crippen LogP contribution in [0.15, 0.2) is 58.3 Å². The van der Waals surface area contributed by atoms with Crippen LogP contribution in [0, 0.1) is 11.3 Å². The van der Waals surface area contributed by atoms with Crippen LogP contribution in [0.1, 0.15) is 22.8 Å². The van der Waals surface area contributed by atoms with E-state index in [-0.39, 0.29) is 5.97 Å². The minimum Gasteiger partial charge on any atom is -0.462 e. The summed E-state index contributed by atoms with van der Waals surface area (Å²) in [6.45, 7) is 2.16. The third-order valence-electron chi connectivity index (χ3n) is 2.58. The number of esters is 1. The fraction of sp³-hybridized carbons (Fsp3) is 0.125. The van der Waals surface area contributed by atoms with E-state index in [1.54, 1.807) is 43.0 Å². The second-order valence-corrected chi connectivity index (χ2v) is 5.13. The second-order valence-electron chi connectivity index (χ2n) is 3.98. The summed E-state index contributed by atoms with van der Waals surface area (Å²) in [5.74, 6) is -0.303. The quantitative estimate of drug-likeness (QED) is 0.799. The summed E-state index contributed by atoms with van der Waals surface area (Å²) >= 11 is 1.58. The number of carbonyl (C=O) groups is 1. The van der Waals surface area contributed by atoms with Gasteiger partial charge in [-0.2, -0.15) is 5.26 Å². The van der Waals surface area contributed by atoms with Crippen molar-refractivity contribution in [2.45, 2.75) is 16.7 Å². The van der Waals surface area contributed by atoms with Crippen molar-refractivity contribution in [1.82, 2.24) is 0 Å². The molecule has 2 aromatic rings. The molecule has 0 aliphatic heterocycles. The molecule has 0 amide bonds. The van der Waals surface area contributed by atoms with Crippen molar-refractivity contribution in [1.29, 1.82) is 5.26 Å². The third kappa shape index (κ3) is 3.62. The molecule has 20 heavy (non-hydrogen) atoms. The molecule has 0 atom stereocenters. The van der Waals surface area contributed by atoms with Crippen molar-refractivity contribution in [2.75, 3.05) is 6.61 Å². The summed E-state index contributed by atoms with van der Waals surface area (Å²) in [6, 6.07) is 16.7. The standard InChI is InChI=1S/C16H13NO2S/c1-2-19-16(18)13-5-9-15(10-6-13)20-14-7-3-12(11-17)4-8-14/h3-10H,2H2,1H3. The maximum atomic E-state index is 11.5. The molecular weight excluding hydrogens is 270 g/mol. The molecule has 0 aliphatic rings. The second kappa shape index (κ2) is 6.78. The predicted molar refractivity (Wildman–Crippen MR) is 77.7 cm³/mol. The molecule has 2 rings (SSSR count). The van der Waals surface area contributed by atoms with Gasteiger partial charge in [0, 0.05) is 9.79 Å². The summed E-state index contributed by atoms with van der Waals surface area (Å²) in [4.78, 5) is 13.6. The molecule has 4 heteroatoms. The van der Waals surface area contributed by atoms with E-state index in [1.165, 1.54) is 0 Å². The zero-order chi connectivity index (χ0) is 14.4. The average molecular weight is 283 g/mol. The Labute approximate surface area is 122 Å². The van der Waals surface area contributed by atoms with Gasteiger partial charge in [-0.1, -0.05) is 11.8 Å². The van der Waals surface area contributed by atoms with Gasteiger partial charge in [0.15, 0.2) is 0 Å². The van der Waals surface area contributed by atoms with E-state index in [0.29, 0.717) is 17.7 Å². The summed E-state index contributed by atoms with van der Waals surface area (Å²) in [5, 5.41) is 8.74. The zero-order valence-corrected chi connectivity index (χ0v) is 11.8. The largest absolute Gasteiger partial charge is 0.462 e.